The number of hydrogen-bond donors (Lipinski definition) is 5. The number of rotatable bonds is 6. The molecule has 0 saturated carbocycles. The molecule has 1 aliphatic rings. The van der Waals surface area contributed by atoms with Crippen molar-refractivity contribution in [3.05, 3.63) is 50.8 Å². The van der Waals surface area contributed by atoms with Crippen molar-refractivity contribution < 1.29 is 9.59 Å². The summed E-state index contributed by atoms with van der Waals surface area (Å²) >= 11 is 0. The highest BCUT2D eigenvalue weighted by Crippen LogP contribution is 2.13. The summed E-state index contributed by atoms with van der Waals surface area (Å²) in [4.78, 5) is 61.3. The van der Waals surface area contributed by atoms with Crippen molar-refractivity contribution in [2.45, 2.75) is 44.3 Å². The number of carbonyl (C=O) groups is 2. The molecule has 6 N–H and O–H groups in total. The summed E-state index contributed by atoms with van der Waals surface area (Å²) in [5.41, 5.74) is 5.53. The summed E-state index contributed by atoms with van der Waals surface area (Å²) in [6.07, 6.45) is 5.63. The Kier molecular flexibility index (Phi) is 6.16. The average Bonchev–Trinajstić information content (AvgIpc) is 3.18. The fourth-order valence-corrected chi connectivity index (χ4v) is 3.21. The third-order valence-electron chi connectivity index (χ3n) is 4.60. The lowest BCUT2D eigenvalue weighted by atomic mass is 10.0. The molecular formula is C17H23N7O4. The Balaban J connectivity index is 1.83. The maximum absolute atomic E-state index is 13.0. The first-order chi connectivity index (χ1) is 13.4. The van der Waals surface area contributed by atoms with E-state index in [1.54, 1.807) is 6.20 Å². The molecule has 28 heavy (non-hydrogen) atoms. The number of carbonyl (C=O) groups excluding carboxylic acids is 2. The number of imidazole rings is 1. The lowest BCUT2D eigenvalue weighted by Crippen LogP contribution is -2.54. The van der Waals surface area contributed by atoms with Crippen LogP contribution in [0, 0.1) is 0 Å². The number of amides is 2. The Bertz CT molecular complexity index is 899. The molecule has 11 heteroatoms. The fraction of sp³-hybridized carbons (Fsp3) is 0.471. The van der Waals surface area contributed by atoms with E-state index in [2.05, 4.69) is 25.3 Å². The fourth-order valence-electron chi connectivity index (χ4n) is 3.21. The molecule has 11 nitrogen and oxygen atoms in total. The summed E-state index contributed by atoms with van der Waals surface area (Å²) in [5.74, 6) is -1.01. The number of imide groups is 1. The van der Waals surface area contributed by atoms with Crippen molar-refractivity contribution >= 4 is 11.8 Å². The molecule has 2 atom stereocenters. The summed E-state index contributed by atoms with van der Waals surface area (Å²) in [5, 5.41) is 3.11. The van der Waals surface area contributed by atoms with Crippen LogP contribution in [0.3, 0.4) is 0 Å². The van der Waals surface area contributed by atoms with Crippen molar-refractivity contribution in [2.24, 2.45) is 5.73 Å². The normalized spacial score (nSPS) is 17.8. The third kappa shape index (κ3) is 4.81. The standard InChI is InChI=1S/C17H23N7O4/c18-12(5-10-7-19-9-21-10)15(26)24(16(27)13-3-1-2-4-20-13)8-11-6-14(25)23-17(28)22-11/h6-7,9,12-13,20H,1-5,8,18H2,(H,19,21)(H2,22,23,25,28)/t12-,13?/m0/s1. The topological polar surface area (TPSA) is 170 Å². The molecule has 3 heterocycles. The van der Waals surface area contributed by atoms with E-state index >= 15 is 0 Å². The number of piperidine rings is 1. The van der Waals surface area contributed by atoms with Gasteiger partial charge in [-0.05, 0) is 19.4 Å². The molecule has 2 aromatic heterocycles. The molecule has 1 aliphatic heterocycles. The van der Waals surface area contributed by atoms with E-state index in [1.165, 1.54) is 6.33 Å². The maximum Gasteiger partial charge on any atom is 0.325 e. The zero-order valence-electron chi connectivity index (χ0n) is 15.2. The molecule has 0 aliphatic carbocycles. The third-order valence-corrected chi connectivity index (χ3v) is 4.60. The highest BCUT2D eigenvalue weighted by atomic mass is 16.2. The number of hydrogen-bond acceptors (Lipinski definition) is 7. The van der Waals surface area contributed by atoms with E-state index in [0.29, 0.717) is 18.7 Å². The minimum Gasteiger partial charge on any atom is -0.348 e. The highest BCUT2D eigenvalue weighted by Gasteiger charge is 2.32. The van der Waals surface area contributed by atoms with Gasteiger partial charge in [0.2, 0.25) is 11.8 Å². The molecule has 0 bridgehead atoms. The predicted molar refractivity (Wildman–Crippen MR) is 99.1 cm³/mol. The van der Waals surface area contributed by atoms with Gasteiger partial charge in [-0.3, -0.25) is 24.3 Å². The zero-order valence-corrected chi connectivity index (χ0v) is 15.2. The Morgan fingerprint density at radius 1 is 1.25 bits per heavy atom. The largest absolute Gasteiger partial charge is 0.348 e. The lowest BCUT2D eigenvalue weighted by molar-refractivity contribution is -0.148. The van der Waals surface area contributed by atoms with Crippen LogP contribution in [-0.4, -0.2) is 55.3 Å². The molecule has 0 aromatic carbocycles. The van der Waals surface area contributed by atoms with Crippen LogP contribution < -0.4 is 22.3 Å². The second-order valence-corrected chi connectivity index (χ2v) is 6.77. The number of nitrogens with two attached hydrogens (primary N) is 1. The van der Waals surface area contributed by atoms with Gasteiger partial charge >= 0.3 is 5.69 Å². The van der Waals surface area contributed by atoms with E-state index < -0.39 is 35.1 Å². The quantitative estimate of drug-likeness (QED) is 0.394. The molecule has 1 unspecified atom stereocenters. The van der Waals surface area contributed by atoms with Gasteiger partial charge in [0, 0.05) is 30.1 Å². The Morgan fingerprint density at radius 2 is 2.07 bits per heavy atom. The van der Waals surface area contributed by atoms with Gasteiger partial charge in [-0.1, -0.05) is 6.42 Å². The monoisotopic (exact) mass is 389 g/mol. The number of aromatic amines is 3. The van der Waals surface area contributed by atoms with Crippen LogP contribution in [0.2, 0.25) is 0 Å². The van der Waals surface area contributed by atoms with Crippen LogP contribution in [0.1, 0.15) is 30.7 Å². The van der Waals surface area contributed by atoms with Crippen molar-refractivity contribution in [2.75, 3.05) is 6.54 Å². The van der Waals surface area contributed by atoms with Crippen LogP contribution in [0.15, 0.2) is 28.2 Å². The number of nitrogens with one attached hydrogen (secondary N) is 4. The number of aromatic nitrogens is 4. The predicted octanol–water partition coefficient (Wildman–Crippen LogP) is -1.65. The van der Waals surface area contributed by atoms with Crippen LogP contribution in [0.5, 0.6) is 0 Å². The highest BCUT2D eigenvalue weighted by molar-refractivity contribution is 6.00. The van der Waals surface area contributed by atoms with Gasteiger partial charge in [-0.25, -0.2) is 9.78 Å². The van der Waals surface area contributed by atoms with Crippen LogP contribution in [0.25, 0.3) is 0 Å². The van der Waals surface area contributed by atoms with E-state index in [1.807, 2.05) is 0 Å². The Morgan fingerprint density at radius 3 is 2.71 bits per heavy atom. The second kappa shape index (κ2) is 8.76. The van der Waals surface area contributed by atoms with Crippen molar-refractivity contribution in [1.82, 2.24) is 30.2 Å². The van der Waals surface area contributed by atoms with Crippen molar-refractivity contribution in [3.8, 4) is 0 Å². The molecule has 1 fully saturated rings. The first-order valence-corrected chi connectivity index (χ1v) is 9.08. The van der Waals surface area contributed by atoms with E-state index in [4.69, 9.17) is 5.73 Å². The van der Waals surface area contributed by atoms with Crippen LogP contribution in [0.4, 0.5) is 0 Å². The Hall–Kier alpha value is -3.05. The minimum atomic E-state index is -0.985. The van der Waals surface area contributed by atoms with Crippen molar-refractivity contribution in [3.63, 3.8) is 0 Å². The molecule has 1 saturated heterocycles. The molecule has 150 valence electrons. The molecule has 2 amide bonds. The summed E-state index contributed by atoms with van der Waals surface area (Å²) in [7, 11) is 0. The first kappa shape index (κ1) is 19.7. The minimum absolute atomic E-state index is 0.153. The van der Waals surface area contributed by atoms with Gasteiger partial charge in [0.25, 0.3) is 5.56 Å². The average molecular weight is 389 g/mol. The maximum atomic E-state index is 13.0. The zero-order chi connectivity index (χ0) is 20.1. The van der Waals surface area contributed by atoms with Gasteiger partial charge < -0.3 is 21.0 Å². The van der Waals surface area contributed by atoms with Gasteiger partial charge in [-0.15, -0.1) is 0 Å². The molecule has 3 rings (SSSR count). The van der Waals surface area contributed by atoms with Gasteiger partial charge in [0.1, 0.15) is 0 Å². The van der Waals surface area contributed by atoms with Crippen LogP contribution in [-0.2, 0) is 22.6 Å². The van der Waals surface area contributed by atoms with Gasteiger partial charge in [0.05, 0.1) is 25.0 Å². The molecule has 2 aromatic rings. The SMILES string of the molecule is N[C@@H](Cc1cnc[nH]1)C(=O)N(Cc1cc(=O)[nH]c(=O)[nH]1)C(=O)C1CCCCN1. The smallest absolute Gasteiger partial charge is 0.325 e. The molecule has 0 spiro atoms. The first-order valence-electron chi connectivity index (χ1n) is 9.08. The lowest BCUT2D eigenvalue weighted by Gasteiger charge is -2.30. The molecular weight excluding hydrogens is 366 g/mol. The summed E-state index contributed by atoms with van der Waals surface area (Å²) in [6.45, 7) is 0.437. The second-order valence-electron chi connectivity index (χ2n) is 6.77. The van der Waals surface area contributed by atoms with E-state index in [0.717, 1.165) is 23.8 Å². The van der Waals surface area contributed by atoms with Crippen LogP contribution >= 0.6 is 0 Å². The Labute approximate surface area is 159 Å². The van der Waals surface area contributed by atoms with Gasteiger partial charge in [-0.2, -0.15) is 0 Å². The summed E-state index contributed by atoms with van der Waals surface area (Å²) in [6, 6.07) is -0.351. The van der Waals surface area contributed by atoms with Crippen molar-refractivity contribution in [1.29, 1.82) is 0 Å². The van der Waals surface area contributed by atoms with E-state index in [-0.39, 0.29) is 18.7 Å². The van der Waals surface area contributed by atoms with Gasteiger partial charge in [0.15, 0.2) is 0 Å². The number of nitrogens with zero attached hydrogens (tertiary/aromatic N) is 2. The summed E-state index contributed by atoms with van der Waals surface area (Å²) < 4.78 is 0. The molecule has 0 radical (unpaired) electrons. The van der Waals surface area contributed by atoms with E-state index in [9.17, 15) is 19.2 Å². The number of H-pyrrole nitrogens is 3.